The summed E-state index contributed by atoms with van der Waals surface area (Å²) in [6.07, 6.45) is 2.39. The Morgan fingerprint density at radius 1 is 1.73 bits per heavy atom. The second-order valence-electron chi connectivity index (χ2n) is 2.88. The molecule has 0 aromatic heterocycles. The minimum atomic E-state index is 0.177. The van der Waals surface area contributed by atoms with Crippen molar-refractivity contribution in [3.63, 3.8) is 0 Å². The Labute approximate surface area is 66.2 Å². The van der Waals surface area contributed by atoms with Gasteiger partial charge in [0.15, 0.2) is 0 Å². The maximum atomic E-state index is 8.05. The van der Waals surface area contributed by atoms with E-state index in [1.54, 1.807) is 0 Å². The number of rotatable bonds is 3. The molecule has 1 rings (SSSR count). The topological polar surface area (TPSA) is 58.0 Å². The highest BCUT2D eigenvalue weighted by molar-refractivity contribution is 4.74. The van der Waals surface area contributed by atoms with Gasteiger partial charge in [0.1, 0.15) is 0 Å². The van der Waals surface area contributed by atoms with Gasteiger partial charge in [-0.15, -0.1) is 0 Å². The molecular formula is C7H13N3O. The number of hydrogen-bond acceptors (Lipinski definition) is 2. The van der Waals surface area contributed by atoms with E-state index in [2.05, 4.69) is 16.9 Å². The molecule has 0 radical (unpaired) electrons. The van der Waals surface area contributed by atoms with E-state index in [-0.39, 0.29) is 6.10 Å². The molecule has 0 bridgehead atoms. The van der Waals surface area contributed by atoms with Crippen LogP contribution >= 0.6 is 0 Å². The third-order valence-corrected chi connectivity index (χ3v) is 2.09. The quantitative estimate of drug-likeness (QED) is 0.350. The van der Waals surface area contributed by atoms with Crippen LogP contribution in [0, 0.1) is 5.92 Å². The highest BCUT2D eigenvalue weighted by atomic mass is 16.5. The summed E-state index contributed by atoms with van der Waals surface area (Å²) in [6, 6.07) is 0. The fourth-order valence-corrected chi connectivity index (χ4v) is 1.32. The van der Waals surface area contributed by atoms with Crippen LogP contribution in [-0.4, -0.2) is 19.3 Å². The van der Waals surface area contributed by atoms with Crippen LogP contribution < -0.4 is 0 Å². The number of ether oxygens (including phenoxy) is 1. The molecule has 0 aliphatic carbocycles. The van der Waals surface area contributed by atoms with Crippen LogP contribution in [0.4, 0.5) is 0 Å². The predicted molar refractivity (Wildman–Crippen MR) is 42.2 cm³/mol. The number of nitrogens with zero attached hydrogens (tertiary/aromatic N) is 3. The van der Waals surface area contributed by atoms with Crippen LogP contribution in [0.15, 0.2) is 5.11 Å². The van der Waals surface area contributed by atoms with Crippen molar-refractivity contribution < 1.29 is 4.74 Å². The lowest BCUT2D eigenvalue weighted by Crippen LogP contribution is -2.08. The third-order valence-electron chi connectivity index (χ3n) is 2.09. The van der Waals surface area contributed by atoms with Gasteiger partial charge in [-0.3, -0.25) is 0 Å². The molecule has 0 aromatic rings. The lowest BCUT2D eigenvalue weighted by atomic mass is 10.0. The van der Waals surface area contributed by atoms with E-state index in [0.717, 1.165) is 19.4 Å². The van der Waals surface area contributed by atoms with Crippen molar-refractivity contribution in [1.29, 1.82) is 0 Å². The summed E-state index contributed by atoms with van der Waals surface area (Å²) in [5, 5.41) is 3.48. The minimum Gasteiger partial charge on any atom is -0.378 e. The SMILES string of the molecule is CC[C@H]1CO[C@H](CN=[N+]=[N-])C1. The van der Waals surface area contributed by atoms with E-state index in [9.17, 15) is 0 Å². The summed E-state index contributed by atoms with van der Waals surface area (Å²) in [5.74, 6) is 0.675. The van der Waals surface area contributed by atoms with Crippen LogP contribution in [0.5, 0.6) is 0 Å². The van der Waals surface area contributed by atoms with E-state index < -0.39 is 0 Å². The minimum absolute atomic E-state index is 0.177. The van der Waals surface area contributed by atoms with Gasteiger partial charge in [-0.25, -0.2) is 0 Å². The highest BCUT2D eigenvalue weighted by Gasteiger charge is 2.22. The fourth-order valence-electron chi connectivity index (χ4n) is 1.32. The molecule has 4 heteroatoms. The maximum absolute atomic E-state index is 8.05. The molecule has 0 spiro atoms. The lowest BCUT2D eigenvalue weighted by molar-refractivity contribution is 0.112. The average Bonchev–Trinajstić information content (AvgIpc) is 2.48. The van der Waals surface area contributed by atoms with E-state index >= 15 is 0 Å². The first-order valence-corrected chi connectivity index (χ1v) is 3.99. The Balaban J connectivity index is 2.24. The molecule has 0 aromatic carbocycles. The summed E-state index contributed by atoms with van der Waals surface area (Å²) in [7, 11) is 0. The Kier molecular flexibility index (Phi) is 3.20. The molecule has 2 atom stereocenters. The first-order chi connectivity index (χ1) is 5.36. The van der Waals surface area contributed by atoms with Gasteiger partial charge >= 0.3 is 0 Å². The summed E-state index contributed by atoms with van der Waals surface area (Å²) in [6.45, 7) is 3.49. The second-order valence-corrected chi connectivity index (χ2v) is 2.88. The molecule has 11 heavy (non-hydrogen) atoms. The van der Waals surface area contributed by atoms with Gasteiger partial charge in [-0.05, 0) is 17.9 Å². The van der Waals surface area contributed by atoms with E-state index in [1.807, 2.05) is 0 Å². The Morgan fingerprint density at radius 3 is 3.09 bits per heavy atom. The average molecular weight is 155 g/mol. The van der Waals surface area contributed by atoms with Crippen LogP contribution in [0.3, 0.4) is 0 Å². The molecule has 1 saturated heterocycles. The summed E-state index contributed by atoms with van der Waals surface area (Å²) in [5.41, 5.74) is 8.05. The molecule has 1 fully saturated rings. The monoisotopic (exact) mass is 155 g/mol. The van der Waals surface area contributed by atoms with Crippen molar-refractivity contribution in [2.75, 3.05) is 13.2 Å². The standard InChI is InChI=1S/C7H13N3O/c1-2-6-3-7(11-5-6)4-9-10-8/h6-7H,2-5H2,1H3/t6-,7+/m1/s1. The molecule has 0 unspecified atom stereocenters. The van der Waals surface area contributed by atoms with Crippen molar-refractivity contribution in [2.45, 2.75) is 25.9 Å². The zero-order chi connectivity index (χ0) is 8.10. The van der Waals surface area contributed by atoms with Crippen LogP contribution in [-0.2, 0) is 4.74 Å². The maximum Gasteiger partial charge on any atom is 0.0635 e. The third kappa shape index (κ3) is 2.41. The number of hydrogen-bond donors (Lipinski definition) is 0. The van der Waals surface area contributed by atoms with Gasteiger partial charge in [0.2, 0.25) is 0 Å². The fraction of sp³-hybridized carbons (Fsp3) is 1.00. The lowest BCUT2D eigenvalue weighted by Gasteiger charge is -2.02. The molecule has 0 N–H and O–H groups in total. The Hall–Kier alpha value is -0.730. The predicted octanol–water partition coefficient (Wildman–Crippen LogP) is 2.11. The molecule has 0 saturated carbocycles. The van der Waals surface area contributed by atoms with E-state index in [1.165, 1.54) is 0 Å². The zero-order valence-corrected chi connectivity index (χ0v) is 6.73. The van der Waals surface area contributed by atoms with Crippen molar-refractivity contribution in [3.05, 3.63) is 10.4 Å². The summed E-state index contributed by atoms with van der Waals surface area (Å²) in [4.78, 5) is 2.70. The van der Waals surface area contributed by atoms with Gasteiger partial charge in [-0.1, -0.05) is 18.5 Å². The van der Waals surface area contributed by atoms with Crippen molar-refractivity contribution in [1.82, 2.24) is 0 Å². The molecular weight excluding hydrogens is 142 g/mol. The molecule has 4 nitrogen and oxygen atoms in total. The molecule has 1 aliphatic rings. The highest BCUT2D eigenvalue weighted by Crippen LogP contribution is 2.22. The molecule has 62 valence electrons. The van der Waals surface area contributed by atoms with Gasteiger partial charge in [-0.2, -0.15) is 0 Å². The van der Waals surface area contributed by atoms with Crippen molar-refractivity contribution in [3.8, 4) is 0 Å². The van der Waals surface area contributed by atoms with Crippen molar-refractivity contribution >= 4 is 0 Å². The Morgan fingerprint density at radius 2 is 2.55 bits per heavy atom. The first kappa shape index (κ1) is 8.37. The Bertz CT molecular complexity index is 165. The smallest absolute Gasteiger partial charge is 0.0635 e. The molecule has 0 amide bonds. The van der Waals surface area contributed by atoms with Gasteiger partial charge < -0.3 is 4.74 Å². The normalized spacial score (nSPS) is 29.9. The van der Waals surface area contributed by atoms with Gasteiger partial charge in [0.05, 0.1) is 12.6 Å². The largest absolute Gasteiger partial charge is 0.378 e. The molecule has 1 aliphatic heterocycles. The van der Waals surface area contributed by atoms with Gasteiger partial charge in [0, 0.05) is 11.5 Å². The van der Waals surface area contributed by atoms with Gasteiger partial charge in [0.25, 0.3) is 0 Å². The van der Waals surface area contributed by atoms with E-state index in [4.69, 9.17) is 10.3 Å². The zero-order valence-electron chi connectivity index (χ0n) is 6.73. The summed E-state index contributed by atoms with van der Waals surface area (Å²) >= 11 is 0. The number of azide groups is 1. The van der Waals surface area contributed by atoms with E-state index in [0.29, 0.717) is 12.5 Å². The van der Waals surface area contributed by atoms with Crippen LogP contribution in [0.25, 0.3) is 10.4 Å². The van der Waals surface area contributed by atoms with Crippen LogP contribution in [0.2, 0.25) is 0 Å². The summed E-state index contributed by atoms with van der Waals surface area (Å²) < 4.78 is 5.39. The van der Waals surface area contributed by atoms with Crippen LogP contribution in [0.1, 0.15) is 19.8 Å². The van der Waals surface area contributed by atoms with Crippen molar-refractivity contribution in [2.24, 2.45) is 11.0 Å². The first-order valence-electron chi connectivity index (χ1n) is 3.99. The molecule has 1 heterocycles. The second kappa shape index (κ2) is 4.21.